The second kappa shape index (κ2) is 3.89. The van der Waals surface area contributed by atoms with E-state index in [-0.39, 0.29) is 0 Å². The van der Waals surface area contributed by atoms with Crippen LogP contribution in [0.1, 0.15) is 32.6 Å². The molecular weight excluding hydrogens is 176 g/mol. The van der Waals surface area contributed by atoms with Gasteiger partial charge in [-0.3, -0.25) is 4.79 Å². The third kappa shape index (κ3) is 1.65. The van der Waals surface area contributed by atoms with Gasteiger partial charge in [0, 0.05) is 18.5 Å². The van der Waals surface area contributed by atoms with Crippen LogP contribution >= 0.6 is 0 Å². The Hall–Kier alpha value is -0.570. The highest BCUT2D eigenvalue weighted by Crippen LogP contribution is 2.29. The Bertz CT molecular complexity index is 221. The van der Waals surface area contributed by atoms with Gasteiger partial charge in [-0.25, -0.2) is 0 Å². The zero-order chi connectivity index (χ0) is 10.1. The number of hydrogen-bond acceptors (Lipinski definition) is 2. The van der Waals surface area contributed by atoms with Gasteiger partial charge in [-0.15, -0.1) is 0 Å². The maximum Gasteiger partial charge on any atom is 0.225 e. The molecule has 0 radical (unpaired) electrons. The van der Waals surface area contributed by atoms with Crippen molar-refractivity contribution in [2.24, 2.45) is 0 Å². The molecule has 0 aromatic rings. The summed E-state index contributed by atoms with van der Waals surface area (Å²) in [6.45, 7) is 4.47. The van der Waals surface area contributed by atoms with Gasteiger partial charge in [0.15, 0.2) is 0 Å². The molecule has 0 aromatic carbocycles. The molecule has 1 atom stereocenters. The fourth-order valence-electron chi connectivity index (χ4n) is 2.61. The van der Waals surface area contributed by atoms with Gasteiger partial charge in [-0.1, -0.05) is 6.92 Å². The number of β-lactam (4-membered cyclic amide) rings is 1. The number of nitrogens with zero attached hydrogens (tertiary/aromatic N) is 2. The molecule has 1 amide bonds. The van der Waals surface area contributed by atoms with Crippen molar-refractivity contribution in [3.8, 4) is 0 Å². The van der Waals surface area contributed by atoms with Gasteiger partial charge >= 0.3 is 0 Å². The minimum absolute atomic E-state index is 0.381. The Balaban J connectivity index is 1.91. The highest BCUT2D eigenvalue weighted by molar-refractivity contribution is 5.83. The molecule has 2 heterocycles. The predicted molar refractivity (Wildman–Crippen MR) is 56.1 cm³/mol. The third-order valence-corrected chi connectivity index (χ3v) is 3.64. The molecule has 2 rings (SSSR count). The molecule has 14 heavy (non-hydrogen) atoms. The fraction of sp³-hybridized carbons (Fsp3) is 0.909. The molecule has 2 fully saturated rings. The van der Waals surface area contributed by atoms with Gasteiger partial charge in [0.25, 0.3) is 0 Å². The van der Waals surface area contributed by atoms with E-state index in [4.69, 9.17) is 0 Å². The van der Waals surface area contributed by atoms with E-state index in [0.717, 1.165) is 25.9 Å². The lowest BCUT2D eigenvalue weighted by Crippen LogP contribution is -2.59. The molecule has 1 unspecified atom stereocenters. The molecule has 80 valence electrons. The number of carbonyl (C=O) groups excluding carboxylic acids is 1. The maximum absolute atomic E-state index is 11.5. The third-order valence-electron chi connectivity index (χ3n) is 3.64. The summed E-state index contributed by atoms with van der Waals surface area (Å²) < 4.78 is 0. The van der Waals surface area contributed by atoms with Crippen molar-refractivity contribution in [1.82, 2.24) is 9.80 Å². The lowest BCUT2D eigenvalue weighted by molar-refractivity contribution is -0.151. The van der Waals surface area contributed by atoms with Crippen LogP contribution in [0.25, 0.3) is 0 Å². The highest BCUT2D eigenvalue weighted by atomic mass is 16.2. The quantitative estimate of drug-likeness (QED) is 0.617. The van der Waals surface area contributed by atoms with E-state index in [1.165, 1.54) is 12.8 Å². The first kappa shape index (κ1) is 9.97. The minimum Gasteiger partial charge on any atom is -0.336 e. The topological polar surface area (TPSA) is 23.6 Å². The van der Waals surface area contributed by atoms with Crippen LogP contribution in [0.4, 0.5) is 0 Å². The van der Waals surface area contributed by atoms with E-state index in [9.17, 15) is 4.79 Å². The lowest BCUT2D eigenvalue weighted by Gasteiger charge is -2.47. The molecule has 0 aromatic heterocycles. The Morgan fingerprint density at radius 1 is 1.36 bits per heavy atom. The molecule has 0 bridgehead atoms. The first-order chi connectivity index (χ1) is 6.72. The molecule has 3 heteroatoms. The number of likely N-dealkylation sites (tertiary alicyclic amines) is 2. The van der Waals surface area contributed by atoms with Gasteiger partial charge in [-0.2, -0.15) is 0 Å². The molecule has 0 N–H and O–H groups in total. The van der Waals surface area contributed by atoms with Crippen molar-refractivity contribution >= 4 is 5.91 Å². The summed E-state index contributed by atoms with van der Waals surface area (Å²) in [6.07, 6.45) is 4.25. The van der Waals surface area contributed by atoms with E-state index in [1.54, 1.807) is 0 Å². The second-order valence-electron chi connectivity index (χ2n) is 4.60. The SMILES string of the molecule is CCC1CC(=O)N1C1CCN(C)CC1. The average Bonchev–Trinajstić information content (AvgIpc) is 2.17. The largest absolute Gasteiger partial charge is 0.336 e. The van der Waals surface area contributed by atoms with Crippen LogP contribution in [-0.4, -0.2) is 47.9 Å². The van der Waals surface area contributed by atoms with Crippen molar-refractivity contribution in [2.45, 2.75) is 44.7 Å². The van der Waals surface area contributed by atoms with E-state index in [2.05, 4.69) is 23.8 Å². The molecule has 2 saturated heterocycles. The van der Waals surface area contributed by atoms with E-state index in [1.807, 2.05) is 0 Å². The number of amides is 1. The Kier molecular flexibility index (Phi) is 2.77. The smallest absolute Gasteiger partial charge is 0.225 e. The van der Waals surface area contributed by atoms with Crippen LogP contribution in [0.2, 0.25) is 0 Å². The summed E-state index contributed by atoms with van der Waals surface area (Å²) in [5.41, 5.74) is 0. The molecule has 0 saturated carbocycles. The zero-order valence-electron chi connectivity index (χ0n) is 9.20. The Labute approximate surface area is 86.1 Å². The fourth-order valence-corrected chi connectivity index (χ4v) is 2.61. The van der Waals surface area contributed by atoms with Crippen molar-refractivity contribution in [3.05, 3.63) is 0 Å². The molecule has 2 aliphatic heterocycles. The van der Waals surface area contributed by atoms with Crippen molar-refractivity contribution in [2.75, 3.05) is 20.1 Å². The van der Waals surface area contributed by atoms with Gasteiger partial charge in [0.1, 0.15) is 0 Å². The maximum atomic E-state index is 11.5. The Morgan fingerprint density at radius 3 is 2.50 bits per heavy atom. The highest BCUT2D eigenvalue weighted by Gasteiger charge is 2.39. The van der Waals surface area contributed by atoms with Crippen LogP contribution in [0.15, 0.2) is 0 Å². The van der Waals surface area contributed by atoms with Crippen LogP contribution in [-0.2, 0) is 4.79 Å². The normalized spacial score (nSPS) is 30.6. The predicted octanol–water partition coefficient (Wildman–Crippen LogP) is 1.09. The van der Waals surface area contributed by atoms with E-state index < -0.39 is 0 Å². The van der Waals surface area contributed by atoms with Crippen LogP contribution in [0.3, 0.4) is 0 Å². The van der Waals surface area contributed by atoms with Crippen molar-refractivity contribution in [3.63, 3.8) is 0 Å². The van der Waals surface area contributed by atoms with E-state index in [0.29, 0.717) is 18.0 Å². The average molecular weight is 196 g/mol. The Morgan fingerprint density at radius 2 is 2.00 bits per heavy atom. The second-order valence-corrected chi connectivity index (χ2v) is 4.60. The molecule has 2 aliphatic rings. The summed E-state index contributed by atoms with van der Waals surface area (Å²) in [7, 11) is 2.16. The lowest BCUT2D eigenvalue weighted by atomic mass is 9.92. The summed E-state index contributed by atoms with van der Waals surface area (Å²) in [5, 5.41) is 0. The van der Waals surface area contributed by atoms with Crippen LogP contribution in [0, 0.1) is 0 Å². The van der Waals surface area contributed by atoms with Gasteiger partial charge in [0.05, 0.1) is 0 Å². The molecule has 3 nitrogen and oxygen atoms in total. The zero-order valence-corrected chi connectivity index (χ0v) is 9.20. The molecule has 0 aliphatic carbocycles. The van der Waals surface area contributed by atoms with Crippen LogP contribution < -0.4 is 0 Å². The summed E-state index contributed by atoms with van der Waals surface area (Å²) in [4.78, 5) is 16.0. The van der Waals surface area contributed by atoms with Gasteiger partial charge < -0.3 is 9.80 Å². The standard InChI is InChI=1S/C11H20N2O/c1-3-9-8-11(14)13(9)10-4-6-12(2)7-5-10/h9-10H,3-8H2,1-2H3. The van der Waals surface area contributed by atoms with E-state index >= 15 is 0 Å². The van der Waals surface area contributed by atoms with Crippen LogP contribution in [0.5, 0.6) is 0 Å². The number of hydrogen-bond donors (Lipinski definition) is 0. The minimum atomic E-state index is 0.381. The monoisotopic (exact) mass is 196 g/mol. The van der Waals surface area contributed by atoms with Gasteiger partial charge in [0.2, 0.25) is 5.91 Å². The number of rotatable bonds is 2. The van der Waals surface area contributed by atoms with Gasteiger partial charge in [-0.05, 0) is 39.4 Å². The summed E-state index contributed by atoms with van der Waals surface area (Å²) >= 11 is 0. The summed E-state index contributed by atoms with van der Waals surface area (Å²) in [5.74, 6) is 0.381. The number of piperidine rings is 1. The first-order valence-electron chi connectivity index (χ1n) is 5.72. The molecule has 0 spiro atoms. The van der Waals surface area contributed by atoms with Crippen molar-refractivity contribution in [1.29, 1.82) is 0 Å². The number of carbonyl (C=O) groups is 1. The summed E-state index contributed by atoms with van der Waals surface area (Å²) in [6, 6.07) is 1.09. The van der Waals surface area contributed by atoms with Crippen molar-refractivity contribution < 1.29 is 4.79 Å². The first-order valence-corrected chi connectivity index (χ1v) is 5.72. The molecular formula is C11H20N2O.